The number of anilines is 2. The van der Waals surface area contributed by atoms with Gasteiger partial charge in [-0.2, -0.15) is 0 Å². The van der Waals surface area contributed by atoms with Crippen LogP contribution in [0.1, 0.15) is 12.8 Å². The number of nitrogens with zero attached hydrogens (tertiary/aromatic N) is 2. The Balaban J connectivity index is 1.72. The van der Waals surface area contributed by atoms with E-state index in [1.807, 2.05) is 49.7 Å². The van der Waals surface area contributed by atoms with E-state index in [1.54, 1.807) is 18.0 Å². The molecule has 1 aromatic carbocycles. The van der Waals surface area contributed by atoms with Crippen LogP contribution in [0.25, 0.3) is 22.5 Å². The number of pyridine rings is 1. The SMILES string of the molecule is CNc1cc(-c2[nH]c(SC)nc2-c2cccc(NC(=O)C3CC3)c2)ccn1. The quantitative estimate of drug-likeness (QED) is 0.558. The molecular weight excluding hydrogens is 358 g/mol. The molecule has 0 bridgehead atoms. The summed E-state index contributed by atoms with van der Waals surface area (Å²) in [6, 6.07) is 11.8. The topological polar surface area (TPSA) is 82.7 Å². The van der Waals surface area contributed by atoms with E-state index in [-0.39, 0.29) is 11.8 Å². The largest absolute Gasteiger partial charge is 0.373 e. The monoisotopic (exact) mass is 379 g/mol. The molecule has 3 N–H and O–H groups in total. The van der Waals surface area contributed by atoms with Gasteiger partial charge in [0.15, 0.2) is 5.16 Å². The van der Waals surface area contributed by atoms with E-state index < -0.39 is 0 Å². The minimum absolute atomic E-state index is 0.104. The molecule has 0 radical (unpaired) electrons. The minimum Gasteiger partial charge on any atom is -0.373 e. The van der Waals surface area contributed by atoms with Crippen molar-refractivity contribution in [2.24, 2.45) is 5.92 Å². The van der Waals surface area contributed by atoms with Crippen molar-refractivity contribution in [1.82, 2.24) is 15.0 Å². The van der Waals surface area contributed by atoms with Crippen LogP contribution in [0.15, 0.2) is 47.8 Å². The predicted molar refractivity (Wildman–Crippen MR) is 110 cm³/mol. The van der Waals surface area contributed by atoms with Gasteiger partial charge in [-0.15, -0.1) is 0 Å². The highest BCUT2D eigenvalue weighted by Crippen LogP contribution is 2.34. The van der Waals surface area contributed by atoms with E-state index in [4.69, 9.17) is 4.98 Å². The number of nitrogens with one attached hydrogen (secondary N) is 3. The molecule has 3 aromatic rings. The Morgan fingerprint density at radius 2 is 2.07 bits per heavy atom. The highest BCUT2D eigenvalue weighted by atomic mass is 32.2. The summed E-state index contributed by atoms with van der Waals surface area (Å²) in [6.07, 6.45) is 5.74. The van der Waals surface area contributed by atoms with Gasteiger partial charge in [0.05, 0.1) is 11.4 Å². The number of hydrogen-bond donors (Lipinski definition) is 3. The van der Waals surface area contributed by atoms with Crippen LogP contribution in [0, 0.1) is 5.92 Å². The lowest BCUT2D eigenvalue weighted by Gasteiger charge is -2.08. The Labute approximate surface area is 162 Å². The maximum Gasteiger partial charge on any atom is 0.227 e. The number of rotatable bonds is 6. The lowest BCUT2D eigenvalue weighted by atomic mass is 10.1. The summed E-state index contributed by atoms with van der Waals surface area (Å²) in [5.41, 5.74) is 4.55. The third-order valence-corrected chi connectivity index (χ3v) is 5.11. The van der Waals surface area contributed by atoms with Crippen molar-refractivity contribution in [3.8, 4) is 22.5 Å². The average molecular weight is 379 g/mol. The van der Waals surface area contributed by atoms with Crippen LogP contribution in [0.4, 0.5) is 11.5 Å². The van der Waals surface area contributed by atoms with Crippen molar-refractivity contribution in [2.75, 3.05) is 23.9 Å². The molecule has 0 spiro atoms. The van der Waals surface area contributed by atoms with Gasteiger partial charge in [0.1, 0.15) is 5.82 Å². The fraction of sp³-hybridized carbons (Fsp3) is 0.250. The first-order chi connectivity index (χ1) is 13.2. The Morgan fingerprint density at radius 3 is 2.81 bits per heavy atom. The third-order valence-electron chi connectivity index (χ3n) is 4.53. The molecule has 1 aliphatic carbocycles. The van der Waals surface area contributed by atoms with Gasteiger partial charge >= 0.3 is 0 Å². The van der Waals surface area contributed by atoms with E-state index in [1.165, 1.54) is 0 Å². The second-order valence-corrected chi connectivity index (χ2v) is 7.29. The highest BCUT2D eigenvalue weighted by molar-refractivity contribution is 7.98. The summed E-state index contributed by atoms with van der Waals surface area (Å²) in [4.78, 5) is 24.5. The number of aromatic nitrogens is 3. The number of benzene rings is 1. The van der Waals surface area contributed by atoms with Crippen LogP contribution < -0.4 is 10.6 Å². The van der Waals surface area contributed by atoms with Crippen LogP contribution in [-0.4, -0.2) is 34.2 Å². The minimum atomic E-state index is 0.104. The molecule has 0 saturated heterocycles. The number of carbonyl (C=O) groups excluding carboxylic acids is 1. The first-order valence-corrected chi connectivity index (χ1v) is 10.1. The Morgan fingerprint density at radius 1 is 1.22 bits per heavy atom. The summed E-state index contributed by atoms with van der Waals surface area (Å²) in [5.74, 6) is 1.07. The fourth-order valence-electron chi connectivity index (χ4n) is 2.92. The van der Waals surface area contributed by atoms with E-state index >= 15 is 0 Å². The van der Waals surface area contributed by atoms with Crippen LogP contribution in [0.2, 0.25) is 0 Å². The Kier molecular flexibility index (Phi) is 4.85. The maximum absolute atomic E-state index is 12.1. The van der Waals surface area contributed by atoms with E-state index in [9.17, 15) is 4.79 Å². The van der Waals surface area contributed by atoms with Crippen molar-refractivity contribution < 1.29 is 4.79 Å². The molecule has 27 heavy (non-hydrogen) atoms. The van der Waals surface area contributed by atoms with Crippen molar-refractivity contribution in [3.05, 3.63) is 42.6 Å². The fourth-order valence-corrected chi connectivity index (χ4v) is 3.31. The van der Waals surface area contributed by atoms with Gasteiger partial charge in [-0.1, -0.05) is 23.9 Å². The standard InChI is InChI=1S/C20H21N5OS/c1-21-16-11-14(8-9-22-16)18-17(24-20(25-18)27-2)13-4-3-5-15(10-13)23-19(26)12-6-7-12/h3-5,8-12H,6-7H2,1-2H3,(H,21,22)(H,23,26)(H,24,25). The van der Waals surface area contributed by atoms with Crippen molar-refractivity contribution in [3.63, 3.8) is 0 Å². The summed E-state index contributed by atoms with van der Waals surface area (Å²) >= 11 is 1.56. The van der Waals surface area contributed by atoms with Gasteiger partial charge in [-0.05, 0) is 43.4 Å². The van der Waals surface area contributed by atoms with E-state index in [0.717, 1.165) is 52.0 Å². The maximum atomic E-state index is 12.1. The Hall–Kier alpha value is -2.80. The third kappa shape index (κ3) is 3.83. The van der Waals surface area contributed by atoms with Gasteiger partial charge in [-0.25, -0.2) is 9.97 Å². The van der Waals surface area contributed by atoms with Crippen molar-refractivity contribution in [2.45, 2.75) is 18.0 Å². The number of H-pyrrole nitrogens is 1. The molecule has 0 unspecified atom stereocenters. The van der Waals surface area contributed by atoms with Crippen molar-refractivity contribution >= 4 is 29.2 Å². The first kappa shape index (κ1) is 17.6. The van der Waals surface area contributed by atoms with Crippen molar-refractivity contribution in [1.29, 1.82) is 0 Å². The number of hydrogen-bond acceptors (Lipinski definition) is 5. The normalized spacial score (nSPS) is 13.4. The number of amides is 1. The zero-order valence-electron chi connectivity index (χ0n) is 15.2. The number of carbonyl (C=O) groups is 1. The molecule has 4 rings (SSSR count). The molecule has 2 aromatic heterocycles. The highest BCUT2D eigenvalue weighted by Gasteiger charge is 2.29. The first-order valence-electron chi connectivity index (χ1n) is 8.87. The second-order valence-electron chi connectivity index (χ2n) is 6.49. The zero-order chi connectivity index (χ0) is 18.8. The number of aromatic amines is 1. The van der Waals surface area contributed by atoms with Gasteiger partial charge in [0, 0.05) is 36.0 Å². The molecule has 0 aliphatic heterocycles. The average Bonchev–Trinajstić information content (AvgIpc) is 3.47. The van der Waals surface area contributed by atoms with Crippen LogP contribution in [-0.2, 0) is 4.79 Å². The van der Waals surface area contributed by atoms with Crippen LogP contribution in [0.3, 0.4) is 0 Å². The summed E-state index contributed by atoms with van der Waals surface area (Å²) in [5, 5.41) is 6.92. The molecule has 2 heterocycles. The van der Waals surface area contributed by atoms with Gasteiger partial charge < -0.3 is 15.6 Å². The van der Waals surface area contributed by atoms with Gasteiger partial charge in [0.25, 0.3) is 0 Å². The smallest absolute Gasteiger partial charge is 0.227 e. The Bertz CT molecular complexity index is 980. The molecule has 7 heteroatoms. The molecule has 1 fully saturated rings. The number of thioether (sulfide) groups is 1. The van der Waals surface area contributed by atoms with Crippen LogP contribution >= 0.6 is 11.8 Å². The zero-order valence-corrected chi connectivity index (χ0v) is 16.1. The van der Waals surface area contributed by atoms with E-state index in [0.29, 0.717) is 0 Å². The van der Waals surface area contributed by atoms with Gasteiger partial charge in [0.2, 0.25) is 5.91 Å². The molecular formula is C20H21N5OS. The molecule has 138 valence electrons. The molecule has 0 atom stereocenters. The van der Waals surface area contributed by atoms with E-state index in [2.05, 4.69) is 20.6 Å². The predicted octanol–water partition coefficient (Wildman–Crippen LogP) is 4.25. The number of imidazole rings is 1. The lowest BCUT2D eigenvalue weighted by molar-refractivity contribution is -0.117. The molecule has 1 saturated carbocycles. The summed E-state index contributed by atoms with van der Waals surface area (Å²) in [7, 11) is 1.85. The second kappa shape index (κ2) is 7.44. The van der Waals surface area contributed by atoms with Crippen LogP contribution in [0.5, 0.6) is 0 Å². The van der Waals surface area contributed by atoms with Gasteiger partial charge in [-0.3, -0.25) is 4.79 Å². The summed E-state index contributed by atoms with van der Waals surface area (Å²) < 4.78 is 0. The summed E-state index contributed by atoms with van der Waals surface area (Å²) in [6.45, 7) is 0. The molecule has 1 amide bonds. The molecule has 1 aliphatic rings. The lowest BCUT2D eigenvalue weighted by Crippen LogP contribution is -2.13. The molecule has 6 nitrogen and oxygen atoms in total.